The van der Waals surface area contributed by atoms with E-state index in [1.54, 1.807) is 37.3 Å². The summed E-state index contributed by atoms with van der Waals surface area (Å²) in [6.45, 7) is 2.16. The molecule has 0 amide bonds. The zero-order valence-electron chi connectivity index (χ0n) is 7.71. The van der Waals surface area contributed by atoms with E-state index >= 15 is 0 Å². The van der Waals surface area contributed by atoms with Gasteiger partial charge in [0.05, 0.1) is 0 Å². The lowest BCUT2D eigenvalue weighted by Crippen LogP contribution is -2.13. The molecule has 78 valence electrons. The van der Waals surface area contributed by atoms with Crippen molar-refractivity contribution < 1.29 is 18.6 Å². The second kappa shape index (κ2) is 5.12. The number of hydrogen-bond donors (Lipinski definition) is 2. The van der Waals surface area contributed by atoms with Crippen LogP contribution >= 0.6 is 7.82 Å². The number of hydrogen-bond acceptors (Lipinski definition) is 4. The molecule has 6 heteroatoms. The van der Waals surface area contributed by atoms with Gasteiger partial charge in [-0.3, -0.25) is 4.89 Å². The molecule has 1 aromatic carbocycles. The molecule has 1 aromatic rings. The quantitative estimate of drug-likeness (QED) is 0.580. The van der Waals surface area contributed by atoms with Crippen LogP contribution in [0.15, 0.2) is 30.3 Å². The van der Waals surface area contributed by atoms with Crippen LogP contribution < -0.4 is 10.0 Å². The van der Waals surface area contributed by atoms with E-state index in [1.165, 1.54) is 0 Å². The molecule has 0 spiro atoms. The molecule has 5 nitrogen and oxygen atoms in total. The first-order valence-corrected chi connectivity index (χ1v) is 5.62. The molecule has 1 atom stereocenters. The van der Waals surface area contributed by atoms with Gasteiger partial charge >= 0.3 is 7.82 Å². The third kappa shape index (κ3) is 3.89. The fourth-order valence-electron chi connectivity index (χ4n) is 0.779. The minimum atomic E-state index is -4.04. The summed E-state index contributed by atoms with van der Waals surface area (Å²) < 4.78 is 20.3. The Bertz CT molecular complexity index is 316. The van der Waals surface area contributed by atoms with Gasteiger partial charge in [0.1, 0.15) is 5.75 Å². The Morgan fingerprint density at radius 1 is 1.43 bits per heavy atom. The summed E-state index contributed by atoms with van der Waals surface area (Å²) >= 11 is 0. The smallest absolute Gasteiger partial charge is 0.403 e. The summed E-state index contributed by atoms with van der Waals surface area (Å²) in [5.74, 6) is 0.288. The molecular formula is C8H12NO4P. The summed E-state index contributed by atoms with van der Waals surface area (Å²) in [6.07, 6.45) is 0. The van der Waals surface area contributed by atoms with Gasteiger partial charge in [0.25, 0.3) is 0 Å². The van der Waals surface area contributed by atoms with E-state index in [2.05, 4.69) is 10.1 Å². The van der Waals surface area contributed by atoms with Crippen molar-refractivity contribution in [1.82, 2.24) is 5.48 Å². The lowest BCUT2D eigenvalue weighted by atomic mass is 10.3. The minimum absolute atomic E-state index is 0.288. The molecule has 0 saturated carbocycles. The highest BCUT2D eigenvalue weighted by Crippen LogP contribution is 2.42. The standard InChI is InChI=1S/C8H12NO4P/c1-2-9-13-14(10,11)12-8-6-4-3-5-7-8/h3-7,9H,2H2,1H3,(H,10,11). The molecule has 0 aromatic heterocycles. The summed E-state index contributed by atoms with van der Waals surface area (Å²) in [4.78, 5) is 9.15. The highest BCUT2D eigenvalue weighted by Gasteiger charge is 2.22. The monoisotopic (exact) mass is 217 g/mol. The van der Waals surface area contributed by atoms with Gasteiger partial charge in [-0.2, -0.15) is 10.1 Å². The molecule has 14 heavy (non-hydrogen) atoms. The molecule has 0 radical (unpaired) electrons. The number of para-hydroxylation sites is 1. The van der Waals surface area contributed by atoms with E-state index < -0.39 is 7.82 Å². The van der Waals surface area contributed by atoms with Crippen molar-refractivity contribution in [2.75, 3.05) is 6.54 Å². The SMILES string of the molecule is CCNOP(=O)(O)Oc1ccccc1. The van der Waals surface area contributed by atoms with Gasteiger partial charge in [0.15, 0.2) is 0 Å². The first-order chi connectivity index (χ1) is 6.64. The van der Waals surface area contributed by atoms with Crippen LogP contribution in [0.5, 0.6) is 5.75 Å². The maximum atomic E-state index is 11.2. The second-order valence-electron chi connectivity index (χ2n) is 2.46. The normalized spacial score (nSPS) is 14.7. The van der Waals surface area contributed by atoms with E-state index in [9.17, 15) is 4.57 Å². The average molecular weight is 217 g/mol. The number of nitrogens with one attached hydrogen (secondary N) is 1. The van der Waals surface area contributed by atoms with Crippen molar-refractivity contribution in [2.24, 2.45) is 0 Å². The molecule has 0 heterocycles. The number of benzene rings is 1. The van der Waals surface area contributed by atoms with Crippen LogP contribution in [0.3, 0.4) is 0 Å². The zero-order valence-corrected chi connectivity index (χ0v) is 8.61. The van der Waals surface area contributed by atoms with E-state index in [0.717, 1.165) is 0 Å². The van der Waals surface area contributed by atoms with Gasteiger partial charge < -0.3 is 4.52 Å². The fraction of sp³-hybridized carbons (Fsp3) is 0.250. The number of hydroxylamine groups is 1. The predicted octanol–water partition coefficient (Wildman–Crippen LogP) is 1.71. The highest BCUT2D eigenvalue weighted by molar-refractivity contribution is 7.47. The highest BCUT2D eigenvalue weighted by atomic mass is 31.2. The summed E-state index contributed by atoms with van der Waals surface area (Å²) in [7, 11) is -4.04. The largest absolute Gasteiger partial charge is 0.544 e. The Hall–Kier alpha value is -0.870. The van der Waals surface area contributed by atoms with E-state index in [4.69, 9.17) is 9.42 Å². The van der Waals surface area contributed by atoms with Crippen LogP contribution in [0.1, 0.15) is 6.92 Å². The van der Waals surface area contributed by atoms with E-state index in [-0.39, 0.29) is 5.75 Å². The average Bonchev–Trinajstić information content (AvgIpc) is 2.16. The van der Waals surface area contributed by atoms with Crippen LogP contribution in [0.4, 0.5) is 0 Å². The van der Waals surface area contributed by atoms with E-state index in [0.29, 0.717) is 6.54 Å². The zero-order chi connectivity index (χ0) is 10.4. The molecule has 0 fully saturated rings. The second-order valence-corrected chi connectivity index (χ2v) is 3.76. The van der Waals surface area contributed by atoms with Gasteiger partial charge in [-0.1, -0.05) is 25.1 Å². The van der Waals surface area contributed by atoms with Crippen LogP contribution in [0, 0.1) is 0 Å². The van der Waals surface area contributed by atoms with E-state index in [1.807, 2.05) is 0 Å². The number of phosphoric acid groups is 1. The van der Waals surface area contributed by atoms with Gasteiger partial charge in [0.2, 0.25) is 0 Å². The Labute approximate surface area is 82.2 Å². The number of phosphoric ester groups is 1. The molecular weight excluding hydrogens is 205 g/mol. The van der Waals surface area contributed by atoms with Crippen molar-refractivity contribution in [1.29, 1.82) is 0 Å². The molecule has 1 unspecified atom stereocenters. The molecule has 0 aliphatic rings. The Morgan fingerprint density at radius 2 is 2.07 bits per heavy atom. The van der Waals surface area contributed by atoms with Crippen molar-refractivity contribution in [3.63, 3.8) is 0 Å². The molecule has 2 N–H and O–H groups in total. The van der Waals surface area contributed by atoms with Gasteiger partial charge in [0, 0.05) is 6.54 Å². The summed E-state index contributed by atoms with van der Waals surface area (Å²) in [6, 6.07) is 8.31. The molecule has 0 aliphatic heterocycles. The first-order valence-electron chi connectivity index (χ1n) is 4.13. The first kappa shape index (κ1) is 11.2. The Balaban J connectivity index is 2.55. The van der Waals surface area contributed by atoms with Gasteiger partial charge in [-0.15, -0.1) is 0 Å². The molecule has 0 aliphatic carbocycles. The summed E-state index contributed by atoms with van der Waals surface area (Å²) in [5.41, 5.74) is 2.27. The minimum Gasteiger partial charge on any atom is -0.403 e. The van der Waals surface area contributed by atoms with Crippen LogP contribution in [0.25, 0.3) is 0 Å². The lowest BCUT2D eigenvalue weighted by Gasteiger charge is -2.11. The molecule has 0 bridgehead atoms. The van der Waals surface area contributed by atoms with Gasteiger partial charge in [-0.05, 0) is 12.1 Å². The van der Waals surface area contributed by atoms with Crippen molar-refractivity contribution >= 4 is 7.82 Å². The van der Waals surface area contributed by atoms with Crippen molar-refractivity contribution in [3.05, 3.63) is 30.3 Å². The Morgan fingerprint density at radius 3 is 2.64 bits per heavy atom. The van der Waals surface area contributed by atoms with Crippen LogP contribution in [-0.2, 0) is 9.19 Å². The van der Waals surface area contributed by atoms with Crippen LogP contribution in [-0.4, -0.2) is 11.4 Å². The summed E-state index contributed by atoms with van der Waals surface area (Å²) in [5, 5.41) is 0. The van der Waals surface area contributed by atoms with Crippen molar-refractivity contribution in [2.45, 2.75) is 6.92 Å². The van der Waals surface area contributed by atoms with Gasteiger partial charge in [-0.25, -0.2) is 4.57 Å². The molecule has 0 saturated heterocycles. The molecule has 1 rings (SSSR count). The third-order valence-electron chi connectivity index (χ3n) is 1.29. The maximum Gasteiger partial charge on any atom is 0.544 e. The van der Waals surface area contributed by atoms with Crippen molar-refractivity contribution in [3.8, 4) is 5.75 Å². The van der Waals surface area contributed by atoms with Crippen LogP contribution in [0.2, 0.25) is 0 Å². The maximum absolute atomic E-state index is 11.2. The number of rotatable bonds is 5. The Kier molecular flexibility index (Phi) is 4.10. The predicted molar refractivity (Wildman–Crippen MR) is 51.7 cm³/mol. The lowest BCUT2D eigenvalue weighted by molar-refractivity contribution is 0.133. The fourth-order valence-corrected chi connectivity index (χ4v) is 1.50. The topological polar surface area (TPSA) is 67.8 Å². The third-order valence-corrected chi connectivity index (χ3v) is 2.09.